The molecule has 0 radical (unpaired) electrons. The van der Waals surface area contributed by atoms with E-state index in [1.165, 1.54) is 12.1 Å². The summed E-state index contributed by atoms with van der Waals surface area (Å²) >= 11 is 0. The summed E-state index contributed by atoms with van der Waals surface area (Å²) in [6.45, 7) is 0. The summed E-state index contributed by atoms with van der Waals surface area (Å²) in [6, 6.07) is 14.0. The molecule has 2 rings (SSSR count). The number of nitrogens with two attached hydrogens (primary N) is 1. The number of carbonyl (C=O) groups excluding carboxylic acids is 1. The number of halogens is 1. The van der Waals surface area contributed by atoms with Crippen molar-refractivity contribution in [2.45, 2.75) is 18.8 Å². The minimum absolute atomic E-state index is 0.0893. The van der Waals surface area contributed by atoms with Gasteiger partial charge in [0.1, 0.15) is 12.1 Å². The second kappa shape index (κ2) is 6.14. The Morgan fingerprint density at radius 2 is 1.53 bits per heavy atom. The van der Waals surface area contributed by atoms with Gasteiger partial charge in [-0.2, -0.15) is 0 Å². The molecule has 2 N–H and O–H groups in total. The highest BCUT2D eigenvalue weighted by Gasteiger charge is 2.13. The van der Waals surface area contributed by atoms with Gasteiger partial charge < -0.3 is 10.5 Å². The zero-order valence-electron chi connectivity index (χ0n) is 10.6. The van der Waals surface area contributed by atoms with Crippen LogP contribution in [0.3, 0.4) is 0 Å². The van der Waals surface area contributed by atoms with E-state index in [1.54, 1.807) is 12.1 Å². The first-order chi connectivity index (χ1) is 9.20. The lowest BCUT2D eigenvalue weighted by atomic mass is 9.87. The molecule has 3 heteroatoms. The van der Waals surface area contributed by atoms with Crippen LogP contribution in [0.4, 0.5) is 10.1 Å². The quantitative estimate of drug-likeness (QED) is 0.658. The molecule has 0 spiro atoms. The van der Waals surface area contributed by atoms with Crippen molar-refractivity contribution < 1.29 is 9.18 Å². The Morgan fingerprint density at radius 1 is 1.00 bits per heavy atom. The molecule has 1 unspecified atom stereocenters. The van der Waals surface area contributed by atoms with Gasteiger partial charge in [0.15, 0.2) is 0 Å². The molecular formula is C16H16FNO. The Balaban J connectivity index is 2.31. The van der Waals surface area contributed by atoms with E-state index in [4.69, 9.17) is 5.73 Å². The maximum absolute atomic E-state index is 13.0. The predicted molar refractivity (Wildman–Crippen MR) is 74.4 cm³/mol. The Hall–Kier alpha value is -2.16. The van der Waals surface area contributed by atoms with Crippen molar-refractivity contribution in [2.75, 3.05) is 5.73 Å². The van der Waals surface area contributed by atoms with Crippen LogP contribution in [0.15, 0.2) is 48.5 Å². The molecule has 0 aliphatic rings. The van der Waals surface area contributed by atoms with Gasteiger partial charge in [0.25, 0.3) is 0 Å². The van der Waals surface area contributed by atoms with Crippen molar-refractivity contribution in [3.8, 4) is 0 Å². The minimum atomic E-state index is -0.254. The van der Waals surface area contributed by atoms with Gasteiger partial charge in [0.2, 0.25) is 0 Å². The number of nitrogen functional groups attached to an aromatic ring is 1. The lowest BCUT2D eigenvalue weighted by molar-refractivity contribution is -0.107. The second-order valence-electron chi connectivity index (χ2n) is 4.51. The molecular weight excluding hydrogens is 241 g/mol. The largest absolute Gasteiger partial charge is 0.399 e. The smallest absolute Gasteiger partial charge is 0.123 e. The highest BCUT2D eigenvalue weighted by molar-refractivity contribution is 5.50. The number of carbonyl (C=O) groups is 1. The summed E-state index contributed by atoms with van der Waals surface area (Å²) in [7, 11) is 0. The van der Waals surface area contributed by atoms with E-state index in [0.29, 0.717) is 18.5 Å². The van der Waals surface area contributed by atoms with Gasteiger partial charge in [0, 0.05) is 18.0 Å². The van der Waals surface area contributed by atoms with E-state index >= 15 is 0 Å². The van der Waals surface area contributed by atoms with Gasteiger partial charge in [-0.25, -0.2) is 4.39 Å². The molecule has 2 nitrogen and oxygen atoms in total. The fourth-order valence-corrected chi connectivity index (χ4v) is 2.18. The Morgan fingerprint density at radius 3 is 2.05 bits per heavy atom. The highest BCUT2D eigenvalue weighted by Crippen LogP contribution is 2.29. The Labute approximate surface area is 112 Å². The summed E-state index contributed by atoms with van der Waals surface area (Å²) in [5.41, 5.74) is 8.48. The van der Waals surface area contributed by atoms with Crippen LogP contribution in [0.5, 0.6) is 0 Å². The van der Waals surface area contributed by atoms with E-state index in [9.17, 15) is 9.18 Å². The van der Waals surface area contributed by atoms with Crippen molar-refractivity contribution in [3.05, 3.63) is 65.5 Å². The average molecular weight is 257 g/mol. The van der Waals surface area contributed by atoms with Crippen molar-refractivity contribution in [3.63, 3.8) is 0 Å². The predicted octanol–water partition coefficient (Wildman–Crippen LogP) is 3.52. The average Bonchev–Trinajstić information content (AvgIpc) is 2.43. The van der Waals surface area contributed by atoms with E-state index < -0.39 is 0 Å². The van der Waals surface area contributed by atoms with E-state index in [1.807, 2.05) is 24.3 Å². The molecule has 0 aliphatic heterocycles. The topological polar surface area (TPSA) is 43.1 Å². The van der Waals surface area contributed by atoms with Gasteiger partial charge in [-0.1, -0.05) is 24.3 Å². The van der Waals surface area contributed by atoms with Crippen molar-refractivity contribution in [1.29, 1.82) is 0 Å². The van der Waals surface area contributed by atoms with Crippen LogP contribution < -0.4 is 5.73 Å². The zero-order valence-corrected chi connectivity index (χ0v) is 10.6. The maximum Gasteiger partial charge on any atom is 0.123 e. The second-order valence-corrected chi connectivity index (χ2v) is 4.51. The lowest BCUT2D eigenvalue weighted by Gasteiger charge is -2.17. The van der Waals surface area contributed by atoms with Crippen molar-refractivity contribution in [1.82, 2.24) is 0 Å². The van der Waals surface area contributed by atoms with Gasteiger partial charge in [-0.3, -0.25) is 0 Å². The third-order valence-corrected chi connectivity index (χ3v) is 3.18. The van der Waals surface area contributed by atoms with Crippen LogP contribution >= 0.6 is 0 Å². The third-order valence-electron chi connectivity index (χ3n) is 3.18. The number of rotatable bonds is 5. The van der Waals surface area contributed by atoms with E-state index in [-0.39, 0.29) is 11.7 Å². The van der Waals surface area contributed by atoms with Gasteiger partial charge in [-0.05, 0) is 41.8 Å². The summed E-state index contributed by atoms with van der Waals surface area (Å²) in [4.78, 5) is 10.6. The summed E-state index contributed by atoms with van der Waals surface area (Å²) in [5.74, 6) is -0.165. The molecule has 0 saturated heterocycles. The Bertz CT molecular complexity index is 488. The molecule has 19 heavy (non-hydrogen) atoms. The summed E-state index contributed by atoms with van der Waals surface area (Å²) < 4.78 is 13.0. The molecule has 2 aromatic carbocycles. The van der Waals surface area contributed by atoms with Crippen molar-refractivity contribution >= 4 is 12.0 Å². The maximum atomic E-state index is 13.0. The van der Waals surface area contributed by atoms with E-state index in [2.05, 4.69) is 0 Å². The normalized spacial score (nSPS) is 12.1. The van der Waals surface area contributed by atoms with E-state index in [0.717, 1.165) is 17.4 Å². The molecule has 0 amide bonds. The minimum Gasteiger partial charge on any atom is -0.399 e. The number of aldehydes is 1. The standard InChI is InChI=1S/C16H16FNO/c17-14-7-3-12(4-8-14)16(2-1-11-19)13-5-9-15(18)10-6-13/h3-11,16H,1-2,18H2. The number of hydrogen-bond acceptors (Lipinski definition) is 2. The highest BCUT2D eigenvalue weighted by atomic mass is 19.1. The molecule has 0 bridgehead atoms. The Kier molecular flexibility index (Phi) is 4.29. The van der Waals surface area contributed by atoms with Crippen LogP contribution in [0.1, 0.15) is 29.9 Å². The summed E-state index contributed by atoms with van der Waals surface area (Å²) in [6.07, 6.45) is 2.10. The van der Waals surface area contributed by atoms with Gasteiger partial charge >= 0.3 is 0 Å². The summed E-state index contributed by atoms with van der Waals surface area (Å²) in [5, 5.41) is 0. The fraction of sp³-hybridized carbons (Fsp3) is 0.188. The molecule has 2 aromatic rings. The zero-order chi connectivity index (χ0) is 13.7. The first-order valence-corrected chi connectivity index (χ1v) is 6.25. The van der Waals surface area contributed by atoms with Gasteiger partial charge in [0.05, 0.1) is 0 Å². The first-order valence-electron chi connectivity index (χ1n) is 6.25. The monoisotopic (exact) mass is 257 g/mol. The van der Waals surface area contributed by atoms with Gasteiger partial charge in [-0.15, -0.1) is 0 Å². The molecule has 0 heterocycles. The first kappa shape index (κ1) is 13.3. The third kappa shape index (κ3) is 3.41. The molecule has 0 fully saturated rings. The van der Waals surface area contributed by atoms with Crippen LogP contribution in [0, 0.1) is 5.82 Å². The van der Waals surface area contributed by atoms with Crippen LogP contribution in [-0.2, 0) is 4.79 Å². The molecule has 0 saturated carbocycles. The lowest BCUT2D eigenvalue weighted by Crippen LogP contribution is -2.02. The molecule has 0 aromatic heterocycles. The fourth-order valence-electron chi connectivity index (χ4n) is 2.18. The number of hydrogen-bond donors (Lipinski definition) is 1. The molecule has 0 aliphatic carbocycles. The van der Waals surface area contributed by atoms with Crippen molar-refractivity contribution in [2.24, 2.45) is 0 Å². The van der Waals surface area contributed by atoms with Crippen LogP contribution in [-0.4, -0.2) is 6.29 Å². The number of anilines is 1. The number of benzene rings is 2. The van der Waals surface area contributed by atoms with Crippen LogP contribution in [0.2, 0.25) is 0 Å². The van der Waals surface area contributed by atoms with Crippen LogP contribution in [0.25, 0.3) is 0 Å². The molecule has 1 atom stereocenters. The SMILES string of the molecule is Nc1ccc(C(CCC=O)c2ccc(F)cc2)cc1. The molecule has 98 valence electrons.